The fraction of sp³-hybridized carbons (Fsp3) is 0.800. The molecule has 1 N–H and O–H groups in total. The number of nitrogens with one attached hydrogen (secondary N) is 1. The van der Waals surface area contributed by atoms with Crippen LogP contribution in [0.2, 0.25) is 0 Å². The van der Waals surface area contributed by atoms with Crippen molar-refractivity contribution >= 4 is 5.91 Å². The topological polar surface area (TPSA) is 62.1 Å². The Kier molecular flexibility index (Phi) is 4.41. The third kappa shape index (κ3) is 3.75. The van der Waals surface area contributed by atoms with Gasteiger partial charge >= 0.3 is 0 Å². The molecule has 0 bridgehead atoms. The molecule has 1 aliphatic heterocycles. The molecule has 1 aliphatic rings. The summed E-state index contributed by atoms with van der Waals surface area (Å²) < 4.78 is 5.39. The van der Waals surface area contributed by atoms with Crippen molar-refractivity contribution < 1.29 is 9.53 Å². The molecule has 0 aromatic carbocycles. The Hall–Kier alpha value is -1.08. The average Bonchev–Trinajstić information content (AvgIpc) is 2.67. The molecule has 0 radical (unpaired) electrons. The minimum Gasteiger partial charge on any atom is -0.378 e. The highest BCUT2D eigenvalue weighted by Gasteiger charge is 2.16. The summed E-state index contributed by atoms with van der Waals surface area (Å²) in [5.41, 5.74) is 0. The highest BCUT2D eigenvalue weighted by Crippen LogP contribution is 2.16. The van der Waals surface area contributed by atoms with E-state index in [4.69, 9.17) is 10.00 Å². The Morgan fingerprint density at radius 3 is 3.14 bits per heavy atom. The summed E-state index contributed by atoms with van der Waals surface area (Å²) in [6.45, 7) is 2.49. The number of hydrogen-bond donors (Lipinski definition) is 1. The monoisotopic (exact) mass is 196 g/mol. The maximum absolute atomic E-state index is 11.3. The molecule has 1 rings (SSSR count). The zero-order valence-corrected chi connectivity index (χ0v) is 8.45. The first kappa shape index (κ1) is 11.0. The lowest BCUT2D eigenvalue weighted by Crippen LogP contribution is -2.31. The minimum absolute atomic E-state index is 0.0606. The van der Waals surface area contributed by atoms with Gasteiger partial charge in [-0.2, -0.15) is 5.26 Å². The smallest absolute Gasteiger partial charge is 0.221 e. The number of rotatable bonds is 4. The number of carbonyl (C=O) groups excluding carboxylic acids is 1. The van der Waals surface area contributed by atoms with Crippen molar-refractivity contribution in [2.75, 3.05) is 6.61 Å². The SMILES string of the molecule is CC(C#N)NC(=O)CCC1CCCO1. The molecule has 4 nitrogen and oxygen atoms in total. The van der Waals surface area contributed by atoms with E-state index < -0.39 is 6.04 Å². The molecule has 0 aromatic rings. The molecule has 0 saturated carbocycles. The van der Waals surface area contributed by atoms with Gasteiger partial charge in [0.15, 0.2) is 0 Å². The lowest BCUT2D eigenvalue weighted by Gasteiger charge is -2.09. The standard InChI is InChI=1S/C10H16N2O2/c1-8(7-11)12-10(13)5-4-9-3-2-6-14-9/h8-9H,2-6H2,1H3,(H,12,13). The van der Waals surface area contributed by atoms with Gasteiger partial charge in [0.05, 0.1) is 12.2 Å². The molecule has 0 aliphatic carbocycles. The number of nitrogens with zero attached hydrogens (tertiary/aromatic N) is 1. The third-order valence-corrected chi connectivity index (χ3v) is 2.29. The van der Waals surface area contributed by atoms with Gasteiger partial charge in [0.1, 0.15) is 6.04 Å². The number of carbonyl (C=O) groups is 1. The largest absolute Gasteiger partial charge is 0.378 e. The van der Waals surface area contributed by atoms with Crippen LogP contribution in [0.1, 0.15) is 32.6 Å². The molecule has 0 aromatic heterocycles. The van der Waals surface area contributed by atoms with Crippen molar-refractivity contribution in [3.63, 3.8) is 0 Å². The van der Waals surface area contributed by atoms with Crippen LogP contribution in [0.15, 0.2) is 0 Å². The summed E-state index contributed by atoms with van der Waals surface area (Å²) in [5.74, 6) is -0.0606. The van der Waals surface area contributed by atoms with E-state index in [0.717, 1.165) is 25.9 Å². The van der Waals surface area contributed by atoms with Crippen molar-refractivity contribution in [3.05, 3.63) is 0 Å². The first-order valence-corrected chi connectivity index (χ1v) is 5.03. The summed E-state index contributed by atoms with van der Waals surface area (Å²) in [6.07, 6.45) is 3.63. The van der Waals surface area contributed by atoms with Crippen LogP contribution in [0, 0.1) is 11.3 Å². The lowest BCUT2D eigenvalue weighted by molar-refractivity contribution is -0.122. The predicted molar refractivity (Wildman–Crippen MR) is 51.4 cm³/mol. The highest BCUT2D eigenvalue weighted by molar-refractivity contribution is 5.76. The number of hydrogen-bond acceptors (Lipinski definition) is 3. The molecule has 2 unspecified atom stereocenters. The van der Waals surface area contributed by atoms with Gasteiger partial charge in [0.2, 0.25) is 5.91 Å². The minimum atomic E-state index is -0.396. The first-order valence-electron chi connectivity index (χ1n) is 5.03. The number of ether oxygens (including phenoxy) is 1. The van der Waals surface area contributed by atoms with Crippen LogP contribution in [0.3, 0.4) is 0 Å². The van der Waals surface area contributed by atoms with Crippen molar-refractivity contribution in [2.24, 2.45) is 0 Å². The second-order valence-electron chi connectivity index (χ2n) is 3.59. The lowest BCUT2D eigenvalue weighted by atomic mass is 10.1. The van der Waals surface area contributed by atoms with Crippen molar-refractivity contribution in [1.82, 2.24) is 5.32 Å². The van der Waals surface area contributed by atoms with Gasteiger partial charge in [-0.05, 0) is 26.2 Å². The van der Waals surface area contributed by atoms with Crippen LogP contribution in [0.4, 0.5) is 0 Å². The van der Waals surface area contributed by atoms with Gasteiger partial charge < -0.3 is 10.1 Å². The number of amides is 1. The normalized spacial score (nSPS) is 22.7. The van der Waals surface area contributed by atoms with Gasteiger partial charge in [-0.15, -0.1) is 0 Å². The maximum atomic E-state index is 11.3. The van der Waals surface area contributed by atoms with Crippen LogP contribution >= 0.6 is 0 Å². The summed E-state index contributed by atoms with van der Waals surface area (Å²) in [7, 11) is 0. The Morgan fingerprint density at radius 2 is 2.57 bits per heavy atom. The Labute approximate surface area is 84.2 Å². The summed E-state index contributed by atoms with van der Waals surface area (Å²) >= 11 is 0. The quantitative estimate of drug-likeness (QED) is 0.728. The molecule has 14 heavy (non-hydrogen) atoms. The van der Waals surface area contributed by atoms with Crippen LogP contribution in [-0.2, 0) is 9.53 Å². The fourth-order valence-electron chi connectivity index (χ4n) is 1.51. The van der Waals surface area contributed by atoms with E-state index in [-0.39, 0.29) is 12.0 Å². The molecule has 0 spiro atoms. The van der Waals surface area contributed by atoms with E-state index in [1.807, 2.05) is 6.07 Å². The molecule has 78 valence electrons. The number of nitriles is 1. The third-order valence-electron chi connectivity index (χ3n) is 2.29. The molecule has 1 amide bonds. The van der Waals surface area contributed by atoms with Crippen molar-refractivity contribution in [2.45, 2.75) is 44.8 Å². The van der Waals surface area contributed by atoms with Crippen LogP contribution in [0.5, 0.6) is 0 Å². The van der Waals surface area contributed by atoms with Crippen LogP contribution in [0.25, 0.3) is 0 Å². The van der Waals surface area contributed by atoms with Gasteiger partial charge in [0.25, 0.3) is 0 Å². The highest BCUT2D eigenvalue weighted by atomic mass is 16.5. The molecule has 4 heteroatoms. The molecular weight excluding hydrogens is 180 g/mol. The van der Waals surface area contributed by atoms with Gasteiger partial charge in [-0.1, -0.05) is 0 Å². The summed E-state index contributed by atoms with van der Waals surface area (Å²) in [5, 5.41) is 11.1. The van der Waals surface area contributed by atoms with E-state index in [1.165, 1.54) is 0 Å². The Balaban J connectivity index is 2.11. The Bertz CT molecular complexity index is 229. The average molecular weight is 196 g/mol. The fourth-order valence-corrected chi connectivity index (χ4v) is 1.51. The Morgan fingerprint density at radius 1 is 1.79 bits per heavy atom. The van der Waals surface area contributed by atoms with Crippen LogP contribution in [-0.4, -0.2) is 24.7 Å². The van der Waals surface area contributed by atoms with Crippen molar-refractivity contribution in [3.8, 4) is 6.07 Å². The van der Waals surface area contributed by atoms with E-state index in [1.54, 1.807) is 6.92 Å². The van der Waals surface area contributed by atoms with Gasteiger partial charge in [0, 0.05) is 13.0 Å². The molecule has 1 fully saturated rings. The zero-order chi connectivity index (χ0) is 10.4. The first-order chi connectivity index (χ1) is 6.72. The molecular formula is C10H16N2O2. The van der Waals surface area contributed by atoms with E-state index in [2.05, 4.69) is 5.32 Å². The van der Waals surface area contributed by atoms with Crippen LogP contribution < -0.4 is 5.32 Å². The maximum Gasteiger partial charge on any atom is 0.221 e. The van der Waals surface area contributed by atoms with E-state index >= 15 is 0 Å². The van der Waals surface area contributed by atoms with E-state index in [9.17, 15) is 4.79 Å². The predicted octanol–water partition coefficient (Wildman–Crippen LogP) is 0.974. The van der Waals surface area contributed by atoms with Gasteiger partial charge in [-0.25, -0.2) is 0 Å². The molecule has 2 atom stereocenters. The van der Waals surface area contributed by atoms with E-state index in [0.29, 0.717) is 6.42 Å². The molecule has 1 heterocycles. The second-order valence-corrected chi connectivity index (χ2v) is 3.59. The second kappa shape index (κ2) is 5.61. The van der Waals surface area contributed by atoms with Crippen molar-refractivity contribution in [1.29, 1.82) is 5.26 Å². The van der Waals surface area contributed by atoms with Gasteiger partial charge in [-0.3, -0.25) is 4.79 Å². The zero-order valence-electron chi connectivity index (χ0n) is 8.45. The summed E-state index contributed by atoms with van der Waals surface area (Å²) in [6, 6.07) is 1.56. The molecule has 1 saturated heterocycles. The summed E-state index contributed by atoms with van der Waals surface area (Å²) in [4.78, 5) is 11.3.